The molecule has 1 N–H and O–H groups in total. The predicted octanol–water partition coefficient (Wildman–Crippen LogP) is 4.46. The third kappa shape index (κ3) is 7.46. The Morgan fingerprint density at radius 3 is 2.72 bits per heavy atom. The van der Waals surface area contributed by atoms with E-state index in [1.165, 1.54) is 16.9 Å². The van der Waals surface area contributed by atoms with E-state index in [1.807, 2.05) is 17.5 Å². The lowest BCUT2D eigenvalue weighted by Gasteiger charge is -2.31. The number of hydrogen-bond acceptors (Lipinski definition) is 5. The lowest BCUT2D eigenvalue weighted by molar-refractivity contribution is -0.121. The number of likely N-dealkylation sites (tertiary alicyclic amines) is 1. The van der Waals surface area contributed by atoms with E-state index in [1.54, 1.807) is 12.1 Å². The topological polar surface area (TPSA) is 54.5 Å². The molecule has 2 heterocycles. The van der Waals surface area contributed by atoms with E-state index in [0.717, 1.165) is 48.9 Å². The normalized spacial score (nSPS) is 15.1. The molecule has 0 radical (unpaired) electrons. The van der Waals surface area contributed by atoms with Crippen LogP contribution in [-0.4, -0.2) is 41.5 Å². The number of aromatic nitrogens is 1. The van der Waals surface area contributed by atoms with Crippen molar-refractivity contribution >= 4 is 28.8 Å². The van der Waals surface area contributed by atoms with E-state index in [4.69, 9.17) is 16.3 Å². The van der Waals surface area contributed by atoms with Crippen LogP contribution in [-0.2, 0) is 17.8 Å². The van der Waals surface area contributed by atoms with Crippen molar-refractivity contribution < 1.29 is 9.53 Å². The van der Waals surface area contributed by atoms with Crippen LogP contribution in [0.25, 0.3) is 0 Å². The van der Waals surface area contributed by atoms with Crippen LogP contribution in [0.1, 0.15) is 37.4 Å². The number of hydrogen-bond donors (Lipinski definition) is 1. The second kappa shape index (κ2) is 10.8. The van der Waals surface area contributed by atoms with Gasteiger partial charge in [-0.3, -0.25) is 9.69 Å². The van der Waals surface area contributed by atoms with Gasteiger partial charge in [-0.15, -0.1) is 11.3 Å². The number of ether oxygens (including phenoxy) is 1. The number of piperidine rings is 1. The van der Waals surface area contributed by atoms with Gasteiger partial charge in [0.25, 0.3) is 0 Å². The minimum atomic E-state index is 0.0446. The van der Waals surface area contributed by atoms with E-state index in [0.29, 0.717) is 18.1 Å². The van der Waals surface area contributed by atoms with E-state index in [-0.39, 0.29) is 11.9 Å². The summed E-state index contributed by atoms with van der Waals surface area (Å²) >= 11 is 7.39. The summed E-state index contributed by atoms with van der Waals surface area (Å²) in [5, 5.41) is 6.63. The second-order valence-corrected chi connectivity index (χ2v) is 8.95. The summed E-state index contributed by atoms with van der Waals surface area (Å²) in [7, 11) is 0. The lowest BCUT2D eigenvalue weighted by atomic mass is 10.0. The summed E-state index contributed by atoms with van der Waals surface area (Å²) in [5.41, 5.74) is 2.14. The van der Waals surface area contributed by atoms with Crippen LogP contribution in [0.2, 0.25) is 5.02 Å². The Balaban J connectivity index is 1.39. The number of amides is 1. The predicted molar refractivity (Wildman–Crippen MR) is 119 cm³/mol. The van der Waals surface area contributed by atoms with Gasteiger partial charge in [-0.2, -0.15) is 0 Å². The molecule has 1 amide bonds. The van der Waals surface area contributed by atoms with Gasteiger partial charge in [0.15, 0.2) is 0 Å². The molecule has 1 fully saturated rings. The first-order valence-corrected chi connectivity index (χ1v) is 11.2. The van der Waals surface area contributed by atoms with Crippen molar-refractivity contribution in [3.05, 3.63) is 57.0 Å². The van der Waals surface area contributed by atoms with Crippen molar-refractivity contribution in [3.8, 4) is 5.75 Å². The number of halogens is 1. The number of allylic oxidation sites excluding steroid dienone is 1. The zero-order valence-electron chi connectivity index (χ0n) is 17.0. The molecule has 5 nitrogen and oxygen atoms in total. The molecule has 1 saturated heterocycles. The molecule has 1 aromatic heterocycles. The fraction of sp³-hybridized carbons (Fsp3) is 0.455. The van der Waals surface area contributed by atoms with Gasteiger partial charge in [-0.1, -0.05) is 23.3 Å². The van der Waals surface area contributed by atoms with Crippen molar-refractivity contribution in [2.45, 2.75) is 45.8 Å². The molecule has 7 heteroatoms. The van der Waals surface area contributed by atoms with Crippen molar-refractivity contribution in [1.29, 1.82) is 0 Å². The number of thiazole rings is 1. The molecule has 0 unspecified atom stereocenters. The maximum absolute atomic E-state index is 12.4. The summed E-state index contributed by atoms with van der Waals surface area (Å²) in [5.74, 6) is 0.794. The van der Waals surface area contributed by atoms with Crippen molar-refractivity contribution in [2.75, 3.05) is 19.6 Å². The highest BCUT2D eigenvalue weighted by molar-refractivity contribution is 7.09. The molecule has 29 heavy (non-hydrogen) atoms. The quantitative estimate of drug-likeness (QED) is 0.624. The molecule has 1 aromatic carbocycles. The highest BCUT2D eigenvalue weighted by Gasteiger charge is 2.20. The molecule has 0 saturated carbocycles. The first-order valence-electron chi connectivity index (χ1n) is 9.94. The summed E-state index contributed by atoms with van der Waals surface area (Å²) in [6.45, 7) is 7.69. The van der Waals surface area contributed by atoms with Gasteiger partial charge < -0.3 is 10.1 Å². The third-order valence-electron chi connectivity index (χ3n) is 4.83. The Kier molecular flexibility index (Phi) is 8.09. The Labute approximate surface area is 181 Å². The van der Waals surface area contributed by atoms with Crippen molar-refractivity contribution in [3.63, 3.8) is 0 Å². The van der Waals surface area contributed by atoms with Crippen LogP contribution in [0, 0.1) is 0 Å². The second-order valence-electron chi connectivity index (χ2n) is 7.58. The molecule has 3 rings (SSSR count). The minimum absolute atomic E-state index is 0.0446. The Morgan fingerprint density at radius 2 is 2.03 bits per heavy atom. The zero-order chi connectivity index (χ0) is 20.6. The summed E-state index contributed by atoms with van der Waals surface area (Å²) < 4.78 is 5.71. The molecule has 0 atom stereocenters. The lowest BCUT2D eigenvalue weighted by Crippen LogP contribution is -2.45. The molecule has 0 aliphatic carbocycles. The standard InChI is InChI=1S/C22H28ClN3O2S/c1-16(2)7-10-26-11-8-18(9-12-26)24-21(27)13-19-15-29-22(25-19)14-28-20-5-3-17(23)4-6-20/h3-7,15,18H,8-14H2,1-2H3,(H,24,27). The number of benzene rings is 1. The van der Waals surface area contributed by atoms with Gasteiger partial charge >= 0.3 is 0 Å². The van der Waals surface area contributed by atoms with Crippen LogP contribution in [0.15, 0.2) is 41.3 Å². The third-order valence-corrected chi connectivity index (χ3v) is 5.95. The molecule has 1 aliphatic rings. The molecular formula is C22H28ClN3O2S. The van der Waals surface area contributed by atoms with Crippen LogP contribution < -0.4 is 10.1 Å². The van der Waals surface area contributed by atoms with Crippen LogP contribution in [0.4, 0.5) is 0 Å². The summed E-state index contributed by atoms with van der Waals surface area (Å²) in [4.78, 5) is 19.3. The highest BCUT2D eigenvalue weighted by Crippen LogP contribution is 2.18. The largest absolute Gasteiger partial charge is 0.486 e. The summed E-state index contributed by atoms with van der Waals surface area (Å²) in [6.07, 6.45) is 4.57. The maximum atomic E-state index is 12.4. The number of carbonyl (C=O) groups excluding carboxylic acids is 1. The number of nitrogens with one attached hydrogen (secondary N) is 1. The van der Waals surface area contributed by atoms with E-state index in [9.17, 15) is 4.79 Å². The first-order chi connectivity index (χ1) is 14.0. The monoisotopic (exact) mass is 433 g/mol. The van der Waals surface area contributed by atoms with Gasteiger partial charge in [-0.05, 0) is 51.0 Å². The SMILES string of the molecule is CC(C)=CCN1CCC(NC(=O)Cc2csc(COc3ccc(Cl)cc3)n2)CC1. The van der Waals surface area contributed by atoms with Gasteiger partial charge in [0.05, 0.1) is 12.1 Å². The van der Waals surface area contributed by atoms with E-state index < -0.39 is 0 Å². The van der Waals surface area contributed by atoms with Gasteiger partial charge in [0.2, 0.25) is 5.91 Å². The average molecular weight is 434 g/mol. The molecule has 0 spiro atoms. The highest BCUT2D eigenvalue weighted by atomic mass is 35.5. The Morgan fingerprint density at radius 1 is 1.31 bits per heavy atom. The van der Waals surface area contributed by atoms with E-state index in [2.05, 4.69) is 35.1 Å². The van der Waals surface area contributed by atoms with Crippen LogP contribution in [0.5, 0.6) is 5.75 Å². The molecule has 1 aliphatic heterocycles. The van der Waals surface area contributed by atoms with Gasteiger partial charge in [0.1, 0.15) is 17.4 Å². The Hall–Kier alpha value is -1.89. The maximum Gasteiger partial charge on any atom is 0.226 e. The van der Waals surface area contributed by atoms with E-state index >= 15 is 0 Å². The first kappa shape index (κ1) is 21.8. The number of rotatable bonds is 8. The Bertz CT molecular complexity index is 823. The van der Waals surface area contributed by atoms with Gasteiger partial charge in [-0.25, -0.2) is 4.98 Å². The molecule has 2 aromatic rings. The zero-order valence-corrected chi connectivity index (χ0v) is 18.6. The smallest absolute Gasteiger partial charge is 0.226 e. The molecule has 0 bridgehead atoms. The molecule has 156 valence electrons. The average Bonchev–Trinajstić information content (AvgIpc) is 3.14. The number of carbonyl (C=O) groups is 1. The fourth-order valence-electron chi connectivity index (χ4n) is 3.19. The fourth-order valence-corrected chi connectivity index (χ4v) is 4.02. The van der Waals surface area contributed by atoms with Crippen molar-refractivity contribution in [2.24, 2.45) is 0 Å². The van der Waals surface area contributed by atoms with Crippen molar-refractivity contribution in [1.82, 2.24) is 15.2 Å². The molecular weight excluding hydrogens is 406 g/mol. The minimum Gasteiger partial charge on any atom is -0.486 e. The van der Waals surface area contributed by atoms with Crippen LogP contribution >= 0.6 is 22.9 Å². The van der Waals surface area contributed by atoms with Crippen LogP contribution in [0.3, 0.4) is 0 Å². The van der Waals surface area contributed by atoms with Gasteiger partial charge in [0, 0.05) is 36.1 Å². The number of nitrogens with zero attached hydrogens (tertiary/aromatic N) is 2. The summed E-state index contributed by atoms with van der Waals surface area (Å²) in [6, 6.07) is 7.50.